The number of esters is 1. The molecule has 3 unspecified atom stereocenters. The van der Waals surface area contributed by atoms with Crippen LogP contribution in [0.5, 0.6) is 5.75 Å². The molecule has 0 bridgehead atoms. The van der Waals surface area contributed by atoms with Crippen molar-refractivity contribution in [2.24, 2.45) is 5.92 Å². The number of urea groups is 1. The minimum atomic E-state index is -0.666. The first-order chi connectivity index (χ1) is 14.5. The van der Waals surface area contributed by atoms with Gasteiger partial charge in [-0.25, -0.2) is 9.59 Å². The molecule has 1 aliphatic heterocycles. The number of hydrogen-bond donors (Lipinski definition) is 2. The summed E-state index contributed by atoms with van der Waals surface area (Å²) in [5.74, 6) is -0.290. The lowest BCUT2D eigenvalue weighted by atomic mass is 9.86. The summed E-state index contributed by atoms with van der Waals surface area (Å²) in [6.45, 7) is 2.82. The molecule has 1 aromatic carbocycles. The molecule has 2 N–H and O–H groups in total. The van der Waals surface area contributed by atoms with Gasteiger partial charge in [0, 0.05) is 12.6 Å². The van der Waals surface area contributed by atoms with Crippen LogP contribution >= 0.6 is 0 Å². The molecule has 1 aliphatic carbocycles. The predicted octanol–water partition coefficient (Wildman–Crippen LogP) is 2.81. The molecule has 3 amide bonds. The molecule has 2 aliphatic rings. The Balaban J connectivity index is 1.36. The Morgan fingerprint density at radius 3 is 2.53 bits per heavy atom. The number of hydrogen-bond acceptors (Lipinski definition) is 6. The lowest BCUT2D eigenvalue weighted by Crippen LogP contribution is -2.48. The average Bonchev–Trinajstić information content (AvgIpc) is 3.26. The molecule has 3 rings (SSSR count). The van der Waals surface area contributed by atoms with Gasteiger partial charge in [0.1, 0.15) is 12.4 Å². The second kappa shape index (κ2) is 11.0. The molecule has 2 fully saturated rings. The van der Waals surface area contributed by atoms with Crippen molar-refractivity contribution in [2.75, 3.05) is 19.8 Å². The van der Waals surface area contributed by atoms with E-state index in [2.05, 4.69) is 17.6 Å². The molecule has 0 radical (unpaired) electrons. The van der Waals surface area contributed by atoms with E-state index >= 15 is 0 Å². The molecule has 8 nitrogen and oxygen atoms in total. The fraction of sp³-hybridized carbons (Fsp3) is 0.591. The van der Waals surface area contributed by atoms with Crippen LogP contribution in [0.1, 0.15) is 55.8 Å². The van der Waals surface area contributed by atoms with Crippen molar-refractivity contribution >= 4 is 17.9 Å². The molecule has 1 saturated carbocycles. The largest absolute Gasteiger partial charge is 0.491 e. The standard InChI is InChI=1S/C22H30N2O6/c1-15-5-2-3-7-19(15)23-22(27)24-20(25)14-30-21(26)16-8-10-17(11-9-16)29-13-18-6-4-12-28-18/h8-11,15,18-19H,2-7,12-14H2,1H3,(H2,23,24,25,27). The first-order valence-electron chi connectivity index (χ1n) is 10.6. The topological polar surface area (TPSA) is 103 Å². The van der Waals surface area contributed by atoms with E-state index in [1.165, 1.54) is 0 Å². The van der Waals surface area contributed by atoms with E-state index in [0.717, 1.165) is 45.1 Å². The van der Waals surface area contributed by atoms with Crippen LogP contribution in [0.4, 0.5) is 4.79 Å². The average molecular weight is 418 g/mol. The fourth-order valence-electron chi connectivity index (χ4n) is 3.76. The number of imide groups is 1. The summed E-state index contributed by atoms with van der Waals surface area (Å²) in [6.07, 6.45) is 6.36. The van der Waals surface area contributed by atoms with Crippen LogP contribution in [-0.4, -0.2) is 49.9 Å². The monoisotopic (exact) mass is 418 g/mol. The number of ether oxygens (including phenoxy) is 3. The van der Waals surface area contributed by atoms with Gasteiger partial charge in [0.15, 0.2) is 6.61 Å². The number of rotatable bonds is 7. The Kier molecular flexibility index (Phi) is 8.07. The van der Waals surface area contributed by atoms with Crippen LogP contribution in [0, 0.1) is 5.92 Å². The summed E-state index contributed by atoms with van der Waals surface area (Å²) in [5, 5.41) is 5.03. The highest BCUT2D eigenvalue weighted by Crippen LogP contribution is 2.23. The molecule has 30 heavy (non-hydrogen) atoms. The molecule has 1 aromatic rings. The van der Waals surface area contributed by atoms with Gasteiger partial charge in [-0.05, 0) is 55.9 Å². The molecule has 164 valence electrons. The minimum Gasteiger partial charge on any atom is -0.491 e. The maximum absolute atomic E-state index is 12.1. The van der Waals surface area contributed by atoms with Crippen LogP contribution in [0.15, 0.2) is 24.3 Å². The van der Waals surface area contributed by atoms with Gasteiger partial charge in [-0.3, -0.25) is 10.1 Å². The Hall–Kier alpha value is -2.61. The smallest absolute Gasteiger partial charge is 0.338 e. The zero-order valence-electron chi connectivity index (χ0n) is 17.4. The van der Waals surface area contributed by atoms with Crippen molar-refractivity contribution in [2.45, 2.75) is 57.6 Å². The lowest BCUT2D eigenvalue weighted by Gasteiger charge is -2.29. The van der Waals surface area contributed by atoms with Crippen LogP contribution in [0.2, 0.25) is 0 Å². The Bertz CT molecular complexity index is 730. The summed E-state index contributed by atoms with van der Waals surface area (Å²) in [5.41, 5.74) is 0.299. The third-order valence-electron chi connectivity index (χ3n) is 5.57. The van der Waals surface area contributed by atoms with Crippen LogP contribution in [0.3, 0.4) is 0 Å². The summed E-state index contributed by atoms with van der Waals surface area (Å²) in [6, 6.07) is 6.00. The van der Waals surface area contributed by atoms with Crippen molar-refractivity contribution in [3.8, 4) is 5.75 Å². The van der Waals surface area contributed by atoms with Gasteiger partial charge in [-0.15, -0.1) is 0 Å². The highest BCUT2D eigenvalue weighted by molar-refractivity contribution is 5.97. The van der Waals surface area contributed by atoms with Gasteiger partial charge in [0.25, 0.3) is 5.91 Å². The van der Waals surface area contributed by atoms with E-state index < -0.39 is 24.5 Å². The Labute approximate surface area is 176 Å². The highest BCUT2D eigenvalue weighted by atomic mass is 16.5. The first kappa shape index (κ1) is 22.1. The van der Waals surface area contributed by atoms with Crippen LogP contribution in [0.25, 0.3) is 0 Å². The van der Waals surface area contributed by atoms with Crippen LogP contribution in [-0.2, 0) is 14.3 Å². The quantitative estimate of drug-likeness (QED) is 0.660. The molecule has 3 atom stereocenters. The van der Waals surface area contributed by atoms with E-state index in [4.69, 9.17) is 14.2 Å². The number of carbonyl (C=O) groups is 3. The summed E-state index contributed by atoms with van der Waals surface area (Å²) >= 11 is 0. The number of nitrogens with one attached hydrogen (secondary N) is 2. The predicted molar refractivity (Wildman–Crippen MR) is 109 cm³/mol. The molecule has 8 heteroatoms. The molecule has 1 heterocycles. The van der Waals surface area contributed by atoms with E-state index in [-0.39, 0.29) is 12.1 Å². The van der Waals surface area contributed by atoms with Gasteiger partial charge < -0.3 is 19.5 Å². The summed E-state index contributed by atoms with van der Waals surface area (Å²) < 4.78 is 16.1. The fourth-order valence-corrected chi connectivity index (χ4v) is 3.76. The van der Waals surface area contributed by atoms with Gasteiger partial charge in [0.2, 0.25) is 0 Å². The zero-order chi connectivity index (χ0) is 21.3. The maximum atomic E-state index is 12.1. The lowest BCUT2D eigenvalue weighted by molar-refractivity contribution is -0.123. The Morgan fingerprint density at radius 2 is 1.83 bits per heavy atom. The van der Waals surface area contributed by atoms with Crippen molar-refractivity contribution in [3.63, 3.8) is 0 Å². The van der Waals surface area contributed by atoms with Gasteiger partial charge in [-0.2, -0.15) is 0 Å². The summed E-state index contributed by atoms with van der Waals surface area (Å²) in [7, 11) is 0. The molecular formula is C22H30N2O6. The molecule has 0 aromatic heterocycles. The number of amides is 3. The van der Waals surface area contributed by atoms with Crippen molar-refractivity contribution in [1.82, 2.24) is 10.6 Å². The van der Waals surface area contributed by atoms with Crippen LogP contribution < -0.4 is 15.4 Å². The van der Waals surface area contributed by atoms with E-state index in [0.29, 0.717) is 23.8 Å². The van der Waals surface area contributed by atoms with E-state index in [1.807, 2.05) is 0 Å². The van der Waals surface area contributed by atoms with E-state index in [9.17, 15) is 14.4 Å². The number of carbonyl (C=O) groups excluding carboxylic acids is 3. The zero-order valence-corrected chi connectivity index (χ0v) is 17.4. The van der Waals surface area contributed by atoms with Crippen molar-refractivity contribution in [1.29, 1.82) is 0 Å². The molecular weight excluding hydrogens is 388 g/mol. The summed E-state index contributed by atoms with van der Waals surface area (Å²) in [4.78, 5) is 36.0. The SMILES string of the molecule is CC1CCCCC1NC(=O)NC(=O)COC(=O)c1ccc(OCC2CCCO2)cc1. The second-order valence-corrected chi connectivity index (χ2v) is 7.94. The molecule has 1 saturated heterocycles. The maximum Gasteiger partial charge on any atom is 0.338 e. The van der Waals surface area contributed by atoms with Crippen molar-refractivity contribution in [3.05, 3.63) is 29.8 Å². The van der Waals surface area contributed by atoms with Gasteiger partial charge >= 0.3 is 12.0 Å². The van der Waals surface area contributed by atoms with Gasteiger partial charge in [0.05, 0.1) is 11.7 Å². The first-order valence-corrected chi connectivity index (χ1v) is 10.6. The third kappa shape index (κ3) is 6.73. The van der Waals surface area contributed by atoms with Gasteiger partial charge in [-0.1, -0.05) is 19.8 Å². The molecule has 0 spiro atoms. The Morgan fingerprint density at radius 1 is 1.07 bits per heavy atom. The number of benzene rings is 1. The minimum absolute atomic E-state index is 0.0649. The third-order valence-corrected chi connectivity index (χ3v) is 5.57. The highest BCUT2D eigenvalue weighted by Gasteiger charge is 2.23. The van der Waals surface area contributed by atoms with Crippen molar-refractivity contribution < 1.29 is 28.6 Å². The normalized spacial score (nSPS) is 23.4. The van der Waals surface area contributed by atoms with E-state index in [1.54, 1.807) is 24.3 Å². The second-order valence-electron chi connectivity index (χ2n) is 7.94.